The summed E-state index contributed by atoms with van der Waals surface area (Å²) >= 11 is 0. The number of amides is 2. The summed E-state index contributed by atoms with van der Waals surface area (Å²) in [5, 5.41) is 9.46. The van der Waals surface area contributed by atoms with Gasteiger partial charge in [0.25, 0.3) is 17.7 Å². The second-order valence-electron chi connectivity index (χ2n) is 11.0. The molecule has 2 aromatic carbocycles. The summed E-state index contributed by atoms with van der Waals surface area (Å²) in [5.41, 5.74) is 0.244. The summed E-state index contributed by atoms with van der Waals surface area (Å²) < 4.78 is 64.8. The molecule has 0 aliphatic carbocycles. The number of halogens is 4. The van der Waals surface area contributed by atoms with Crippen molar-refractivity contribution in [2.45, 2.75) is 57.3 Å². The standard InChI is InChI=1S/C31H29F4N5O4/c1-16-37-29(44-40-16)30(2,3)39-26(41)19-7-5-6-18(14-19)21-15-22-24(27(42)36-4)25(17-8-10-20(32)11-9-17)43-28(22)38-23(21)12-13-31(33,34)35/h5-11,14-15,21,23H,12-13H2,1-4H3,(H,36,42)(H,39,41). The summed E-state index contributed by atoms with van der Waals surface area (Å²) in [7, 11) is 1.43. The first-order valence-corrected chi connectivity index (χ1v) is 13.8. The van der Waals surface area contributed by atoms with Crippen LogP contribution in [0.3, 0.4) is 0 Å². The first-order chi connectivity index (χ1) is 20.8. The van der Waals surface area contributed by atoms with E-state index in [0.29, 0.717) is 22.2 Å². The third-order valence-corrected chi connectivity index (χ3v) is 7.28. The van der Waals surface area contributed by atoms with Gasteiger partial charge in [0.2, 0.25) is 5.55 Å². The van der Waals surface area contributed by atoms with Gasteiger partial charge in [-0.1, -0.05) is 23.4 Å². The predicted octanol–water partition coefficient (Wildman–Crippen LogP) is 4.71. The number of alkyl halides is 3. The monoisotopic (exact) mass is 611 g/mol. The normalized spacial score (nSPS) is 16.5. The first kappa shape index (κ1) is 30.6. The summed E-state index contributed by atoms with van der Waals surface area (Å²) in [5.74, 6) is -1.50. The summed E-state index contributed by atoms with van der Waals surface area (Å²) in [4.78, 5) is 35.1. The van der Waals surface area contributed by atoms with Gasteiger partial charge in [-0.25, -0.2) is 9.38 Å². The van der Waals surface area contributed by atoms with Crippen LogP contribution in [0.2, 0.25) is 0 Å². The van der Waals surface area contributed by atoms with Gasteiger partial charge in [0.05, 0.1) is 16.8 Å². The molecule has 0 bridgehead atoms. The van der Waals surface area contributed by atoms with Gasteiger partial charge in [-0.15, -0.1) is 0 Å². The Bertz CT molecular complexity index is 1830. The van der Waals surface area contributed by atoms with Crippen molar-refractivity contribution in [2.24, 2.45) is 4.99 Å². The Morgan fingerprint density at radius 2 is 1.77 bits per heavy atom. The van der Waals surface area contributed by atoms with Crippen LogP contribution >= 0.6 is 0 Å². The zero-order valence-corrected chi connectivity index (χ0v) is 24.3. The van der Waals surface area contributed by atoms with Crippen LogP contribution in [0.15, 0.2) is 62.5 Å². The van der Waals surface area contributed by atoms with Gasteiger partial charge in [-0.3, -0.25) is 9.59 Å². The average Bonchev–Trinajstić information content (AvgIpc) is 3.59. The molecule has 5 rings (SSSR count). The molecule has 0 radical (unpaired) electrons. The third-order valence-electron chi connectivity index (χ3n) is 7.28. The molecule has 0 fully saturated rings. The number of rotatable bonds is 8. The van der Waals surface area contributed by atoms with Crippen LogP contribution in [0, 0.1) is 12.7 Å². The minimum atomic E-state index is -4.43. The van der Waals surface area contributed by atoms with Crippen LogP contribution in [-0.4, -0.2) is 41.2 Å². The maximum atomic E-state index is 13.6. The van der Waals surface area contributed by atoms with Gasteiger partial charge < -0.3 is 19.6 Å². The minimum Gasteiger partial charge on any atom is -0.437 e. The molecule has 230 valence electrons. The first-order valence-electron chi connectivity index (χ1n) is 13.8. The van der Waals surface area contributed by atoms with E-state index in [2.05, 4.69) is 25.8 Å². The molecule has 2 N–H and O–H groups in total. The van der Waals surface area contributed by atoms with E-state index < -0.39 is 47.7 Å². The number of benzene rings is 2. The Morgan fingerprint density at radius 3 is 2.41 bits per heavy atom. The fourth-order valence-electron chi connectivity index (χ4n) is 5.08. The minimum absolute atomic E-state index is 0.00292. The lowest BCUT2D eigenvalue weighted by Gasteiger charge is -2.25. The average molecular weight is 612 g/mol. The lowest BCUT2D eigenvalue weighted by molar-refractivity contribution is -0.136. The highest BCUT2D eigenvalue weighted by molar-refractivity contribution is 6.00. The number of hydrogen-bond acceptors (Lipinski definition) is 7. The highest BCUT2D eigenvalue weighted by atomic mass is 19.4. The predicted molar refractivity (Wildman–Crippen MR) is 151 cm³/mol. The fourth-order valence-corrected chi connectivity index (χ4v) is 5.08. The largest absolute Gasteiger partial charge is 0.437 e. The third kappa shape index (κ3) is 6.41. The van der Waals surface area contributed by atoms with E-state index in [9.17, 15) is 27.2 Å². The van der Waals surface area contributed by atoms with E-state index in [0.717, 1.165) is 0 Å². The maximum absolute atomic E-state index is 13.6. The number of nitrogens with zero attached hydrogens (tertiary/aromatic N) is 3. The van der Waals surface area contributed by atoms with E-state index in [1.807, 2.05) is 0 Å². The van der Waals surface area contributed by atoms with Gasteiger partial charge in [-0.2, -0.15) is 18.2 Å². The molecule has 9 nitrogen and oxygen atoms in total. The molecule has 13 heteroatoms. The Hall–Kier alpha value is -4.81. The van der Waals surface area contributed by atoms with Crippen molar-refractivity contribution in [2.75, 3.05) is 7.05 Å². The molecule has 0 spiro atoms. The summed E-state index contributed by atoms with van der Waals surface area (Å²) in [6.07, 6.45) is -4.26. The quantitative estimate of drug-likeness (QED) is 0.279. The Kier molecular flexibility index (Phi) is 8.15. The number of furan rings is 1. The van der Waals surface area contributed by atoms with E-state index in [4.69, 9.17) is 8.94 Å². The molecule has 2 amide bonds. The van der Waals surface area contributed by atoms with Gasteiger partial charge in [0.1, 0.15) is 17.1 Å². The van der Waals surface area contributed by atoms with Crippen LogP contribution in [0.4, 0.5) is 17.6 Å². The fraction of sp³-hybridized carbons (Fsp3) is 0.323. The zero-order valence-electron chi connectivity index (χ0n) is 24.3. The number of aromatic nitrogens is 2. The van der Waals surface area contributed by atoms with Crippen molar-refractivity contribution in [1.29, 1.82) is 0 Å². The van der Waals surface area contributed by atoms with E-state index in [1.54, 1.807) is 51.1 Å². The molecular weight excluding hydrogens is 582 g/mol. The smallest absolute Gasteiger partial charge is 0.389 e. The number of hydrogen-bond donors (Lipinski definition) is 2. The summed E-state index contributed by atoms with van der Waals surface area (Å²) in [6, 6.07) is 10.8. The van der Waals surface area contributed by atoms with Crippen LogP contribution in [0.1, 0.15) is 70.6 Å². The molecule has 3 heterocycles. The topological polar surface area (TPSA) is 123 Å². The highest BCUT2D eigenvalue weighted by Crippen LogP contribution is 2.33. The number of nitrogens with one attached hydrogen (secondary N) is 2. The molecule has 0 saturated heterocycles. The van der Waals surface area contributed by atoms with Crippen molar-refractivity contribution in [3.05, 3.63) is 93.5 Å². The maximum Gasteiger partial charge on any atom is 0.389 e. The lowest BCUT2D eigenvalue weighted by Crippen LogP contribution is -2.41. The lowest BCUT2D eigenvalue weighted by atomic mass is 9.85. The van der Waals surface area contributed by atoms with E-state index in [-0.39, 0.29) is 34.8 Å². The Labute approximate surface area is 249 Å². The van der Waals surface area contributed by atoms with E-state index in [1.165, 1.54) is 31.3 Å². The van der Waals surface area contributed by atoms with Gasteiger partial charge in [-0.05, 0) is 69.2 Å². The number of fused-ring (bicyclic) bond motifs is 1. The van der Waals surface area contributed by atoms with Crippen LogP contribution < -0.4 is 21.4 Å². The molecule has 2 unspecified atom stereocenters. The molecule has 0 saturated carbocycles. The van der Waals surface area contributed by atoms with Crippen LogP contribution in [0.5, 0.6) is 0 Å². The van der Waals surface area contributed by atoms with Crippen molar-refractivity contribution >= 4 is 17.9 Å². The summed E-state index contributed by atoms with van der Waals surface area (Å²) in [6.45, 7) is 5.04. The molecule has 1 aliphatic heterocycles. The Balaban J connectivity index is 1.58. The molecule has 2 atom stereocenters. The molecule has 4 aromatic rings. The van der Waals surface area contributed by atoms with Crippen molar-refractivity contribution in [3.63, 3.8) is 0 Å². The number of carbonyl (C=O) groups excluding carboxylic acids is 2. The van der Waals surface area contributed by atoms with Crippen molar-refractivity contribution in [1.82, 2.24) is 20.8 Å². The van der Waals surface area contributed by atoms with Gasteiger partial charge in [0, 0.05) is 30.5 Å². The Morgan fingerprint density at radius 1 is 1.05 bits per heavy atom. The van der Waals surface area contributed by atoms with E-state index >= 15 is 0 Å². The zero-order chi connectivity index (χ0) is 31.8. The second kappa shape index (κ2) is 11.7. The van der Waals surface area contributed by atoms with Gasteiger partial charge in [0.15, 0.2) is 5.82 Å². The number of carbonyl (C=O) groups is 2. The number of aryl methyl sites for hydroxylation is 1. The van der Waals surface area contributed by atoms with Crippen LogP contribution in [-0.2, 0) is 5.54 Å². The molecule has 2 aromatic heterocycles. The second-order valence-corrected chi connectivity index (χ2v) is 11.0. The van der Waals surface area contributed by atoms with Crippen molar-refractivity contribution in [3.8, 4) is 11.3 Å². The molecular formula is C31H29F4N5O4. The molecule has 1 aliphatic rings. The van der Waals surface area contributed by atoms with Crippen LogP contribution in [0.25, 0.3) is 17.4 Å². The SMILES string of the molecule is CNC(=O)c1c(-c2ccc(F)cc2)oc2c1=CC(c1cccc(C(=O)NC(C)(C)c3nc(C)no3)c1)C(CCC(F)(F)F)N=2. The van der Waals surface area contributed by atoms with Crippen molar-refractivity contribution < 1.29 is 36.1 Å². The van der Waals surface area contributed by atoms with Gasteiger partial charge >= 0.3 is 6.18 Å². The molecule has 44 heavy (non-hydrogen) atoms. The highest BCUT2D eigenvalue weighted by Gasteiger charge is 2.34.